The molecule has 1 aromatic heterocycles. The van der Waals surface area contributed by atoms with Crippen molar-refractivity contribution in [2.24, 2.45) is 7.05 Å². The van der Waals surface area contributed by atoms with Gasteiger partial charge in [0.05, 0.1) is 17.6 Å². The summed E-state index contributed by atoms with van der Waals surface area (Å²) in [6, 6.07) is 6.11. The molecule has 0 saturated heterocycles. The third kappa shape index (κ3) is 2.55. The molecule has 6 heteroatoms. The second-order valence-electron chi connectivity index (χ2n) is 7.14. The van der Waals surface area contributed by atoms with Gasteiger partial charge in [0, 0.05) is 13.6 Å². The van der Waals surface area contributed by atoms with Crippen molar-refractivity contribution < 1.29 is 8.42 Å². The molecule has 0 radical (unpaired) electrons. The molecule has 5 nitrogen and oxygen atoms in total. The lowest BCUT2D eigenvalue weighted by Crippen LogP contribution is -2.29. The van der Waals surface area contributed by atoms with E-state index >= 15 is 0 Å². The Labute approximate surface area is 138 Å². The lowest BCUT2D eigenvalue weighted by atomic mass is 9.86. The van der Waals surface area contributed by atoms with E-state index in [0.717, 1.165) is 17.7 Å². The van der Waals surface area contributed by atoms with Crippen LogP contribution in [0.25, 0.3) is 0 Å². The number of anilines is 1. The standard InChI is InChI=1S/C17H23N3O2S/c1-12-16(11-18-19(12)5)23(21,22)20-9-8-13-10-14(17(2,3)4)6-7-15(13)20/h6-7,10-11H,8-9H2,1-5H3. The summed E-state index contributed by atoms with van der Waals surface area (Å²) in [6.45, 7) is 8.75. The fourth-order valence-electron chi connectivity index (χ4n) is 2.94. The molecule has 0 saturated carbocycles. The highest BCUT2D eigenvalue weighted by Gasteiger charge is 2.33. The van der Waals surface area contributed by atoms with Crippen LogP contribution in [0.5, 0.6) is 0 Å². The first-order chi connectivity index (χ1) is 10.6. The summed E-state index contributed by atoms with van der Waals surface area (Å²) in [6.07, 6.45) is 2.18. The van der Waals surface area contributed by atoms with Crippen molar-refractivity contribution in [3.8, 4) is 0 Å². The van der Waals surface area contributed by atoms with Gasteiger partial charge < -0.3 is 0 Å². The van der Waals surface area contributed by atoms with E-state index in [4.69, 9.17) is 0 Å². The molecule has 124 valence electrons. The molecule has 23 heavy (non-hydrogen) atoms. The number of benzene rings is 1. The summed E-state index contributed by atoms with van der Waals surface area (Å²) in [5.74, 6) is 0. The lowest BCUT2D eigenvalue weighted by molar-refractivity contribution is 0.590. The van der Waals surface area contributed by atoms with Crippen LogP contribution in [0.15, 0.2) is 29.3 Å². The summed E-state index contributed by atoms with van der Waals surface area (Å²) < 4.78 is 29.1. The molecule has 1 aromatic carbocycles. The van der Waals surface area contributed by atoms with E-state index < -0.39 is 10.0 Å². The first-order valence-corrected chi connectivity index (χ1v) is 9.21. The Morgan fingerprint density at radius 1 is 1.22 bits per heavy atom. The number of hydrogen-bond acceptors (Lipinski definition) is 3. The van der Waals surface area contributed by atoms with Gasteiger partial charge in [0.15, 0.2) is 0 Å². The van der Waals surface area contributed by atoms with E-state index in [1.165, 1.54) is 16.1 Å². The Hall–Kier alpha value is -1.82. The van der Waals surface area contributed by atoms with Crippen LogP contribution in [0.4, 0.5) is 5.69 Å². The molecule has 0 spiro atoms. The molecule has 0 unspecified atom stereocenters. The van der Waals surface area contributed by atoms with Crippen LogP contribution < -0.4 is 4.31 Å². The van der Waals surface area contributed by atoms with Gasteiger partial charge in [-0.3, -0.25) is 8.99 Å². The zero-order valence-electron chi connectivity index (χ0n) is 14.3. The van der Waals surface area contributed by atoms with Gasteiger partial charge in [0.1, 0.15) is 4.90 Å². The van der Waals surface area contributed by atoms with Crippen LogP contribution in [0.2, 0.25) is 0 Å². The predicted molar refractivity (Wildman–Crippen MR) is 91.3 cm³/mol. The van der Waals surface area contributed by atoms with Crippen molar-refractivity contribution in [1.29, 1.82) is 0 Å². The minimum Gasteiger partial charge on any atom is -0.272 e. The average Bonchev–Trinajstić information content (AvgIpc) is 3.02. The van der Waals surface area contributed by atoms with Gasteiger partial charge >= 0.3 is 0 Å². The smallest absolute Gasteiger partial charge is 0.267 e. The first kappa shape index (κ1) is 16.1. The quantitative estimate of drug-likeness (QED) is 0.849. The molecular weight excluding hydrogens is 310 g/mol. The summed E-state index contributed by atoms with van der Waals surface area (Å²) >= 11 is 0. The second-order valence-corrected chi connectivity index (χ2v) is 8.97. The van der Waals surface area contributed by atoms with E-state index in [1.807, 2.05) is 12.1 Å². The molecule has 3 rings (SSSR count). The molecule has 0 amide bonds. The Balaban J connectivity index is 2.04. The van der Waals surface area contributed by atoms with Crippen LogP contribution in [0.1, 0.15) is 37.6 Å². The number of aryl methyl sites for hydroxylation is 1. The average molecular weight is 333 g/mol. The van der Waals surface area contributed by atoms with Crippen molar-refractivity contribution >= 4 is 15.7 Å². The number of hydrogen-bond donors (Lipinski definition) is 0. The summed E-state index contributed by atoms with van der Waals surface area (Å²) in [5, 5.41) is 4.07. The van der Waals surface area contributed by atoms with Crippen LogP contribution in [0, 0.1) is 6.92 Å². The van der Waals surface area contributed by atoms with Gasteiger partial charge in [-0.2, -0.15) is 5.10 Å². The topological polar surface area (TPSA) is 55.2 Å². The molecule has 0 aliphatic carbocycles. The maximum Gasteiger partial charge on any atom is 0.267 e. The van der Waals surface area contributed by atoms with E-state index in [1.54, 1.807) is 18.7 Å². The summed E-state index contributed by atoms with van der Waals surface area (Å²) in [4.78, 5) is 0.285. The van der Waals surface area contributed by atoms with Crippen molar-refractivity contribution in [2.75, 3.05) is 10.8 Å². The van der Waals surface area contributed by atoms with Crippen molar-refractivity contribution in [2.45, 2.75) is 44.4 Å². The Kier molecular flexibility index (Phi) is 3.55. The predicted octanol–water partition coefficient (Wildman–Crippen LogP) is 2.78. The van der Waals surface area contributed by atoms with Gasteiger partial charge in [-0.15, -0.1) is 0 Å². The highest BCUT2D eigenvalue weighted by molar-refractivity contribution is 7.92. The molecule has 1 aliphatic rings. The largest absolute Gasteiger partial charge is 0.272 e. The zero-order chi connectivity index (χ0) is 17.0. The van der Waals surface area contributed by atoms with E-state index in [9.17, 15) is 8.42 Å². The van der Waals surface area contributed by atoms with Gasteiger partial charge in [0.2, 0.25) is 0 Å². The summed E-state index contributed by atoms with van der Waals surface area (Å²) in [7, 11) is -1.81. The Morgan fingerprint density at radius 3 is 2.48 bits per heavy atom. The second kappa shape index (κ2) is 5.09. The Morgan fingerprint density at radius 2 is 1.91 bits per heavy atom. The monoisotopic (exact) mass is 333 g/mol. The maximum atomic E-state index is 13.0. The van der Waals surface area contributed by atoms with Gasteiger partial charge in [-0.1, -0.05) is 32.9 Å². The molecule has 1 aliphatic heterocycles. The molecule has 2 heterocycles. The van der Waals surface area contributed by atoms with Crippen LogP contribution >= 0.6 is 0 Å². The normalized spacial score (nSPS) is 15.1. The molecule has 0 N–H and O–H groups in total. The highest BCUT2D eigenvalue weighted by Crippen LogP contribution is 2.36. The summed E-state index contributed by atoms with van der Waals surface area (Å²) in [5.41, 5.74) is 3.84. The van der Waals surface area contributed by atoms with Crippen molar-refractivity contribution in [1.82, 2.24) is 9.78 Å². The van der Waals surface area contributed by atoms with E-state index in [-0.39, 0.29) is 10.3 Å². The Bertz CT molecular complexity index is 860. The fourth-order valence-corrected chi connectivity index (χ4v) is 4.63. The number of rotatable bonds is 2. The molecule has 0 fully saturated rings. The highest BCUT2D eigenvalue weighted by atomic mass is 32.2. The number of aromatic nitrogens is 2. The van der Waals surface area contributed by atoms with Crippen LogP contribution in [0.3, 0.4) is 0 Å². The minimum absolute atomic E-state index is 0.0568. The van der Waals surface area contributed by atoms with Gasteiger partial charge in [0.25, 0.3) is 10.0 Å². The van der Waals surface area contributed by atoms with Crippen molar-refractivity contribution in [3.05, 3.63) is 41.2 Å². The minimum atomic E-state index is -3.56. The van der Waals surface area contributed by atoms with Crippen LogP contribution in [-0.2, 0) is 28.9 Å². The molecule has 2 aromatic rings. The third-order valence-electron chi connectivity index (χ3n) is 4.56. The van der Waals surface area contributed by atoms with Crippen LogP contribution in [-0.4, -0.2) is 24.7 Å². The number of nitrogens with zero attached hydrogens (tertiary/aromatic N) is 3. The number of sulfonamides is 1. The van der Waals surface area contributed by atoms with Gasteiger partial charge in [-0.25, -0.2) is 8.42 Å². The van der Waals surface area contributed by atoms with Gasteiger partial charge in [-0.05, 0) is 36.0 Å². The number of fused-ring (bicyclic) bond motifs is 1. The van der Waals surface area contributed by atoms with E-state index in [2.05, 4.69) is 31.9 Å². The zero-order valence-corrected chi connectivity index (χ0v) is 15.1. The molecule has 0 atom stereocenters. The SMILES string of the molecule is Cc1c(S(=O)(=O)N2CCc3cc(C(C)(C)C)ccc32)cnn1C. The third-order valence-corrected chi connectivity index (χ3v) is 6.47. The lowest BCUT2D eigenvalue weighted by Gasteiger charge is -2.22. The first-order valence-electron chi connectivity index (χ1n) is 7.77. The van der Waals surface area contributed by atoms with Crippen molar-refractivity contribution in [3.63, 3.8) is 0 Å². The maximum absolute atomic E-state index is 13.0. The fraction of sp³-hybridized carbons (Fsp3) is 0.471. The molecule has 0 bridgehead atoms. The van der Waals surface area contributed by atoms with E-state index in [0.29, 0.717) is 12.2 Å². The molecular formula is C17H23N3O2S.